The minimum Gasteiger partial charge on any atom is -0.382 e. The van der Waals surface area contributed by atoms with E-state index in [0.717, 1.165) is 0 Å². The maximum atomic E-state index is 12.1. The number of hydrogen-bond donors (Lipinski definition) is 1. The maximum Gasteiger partial charge on any atom is 0.415 e. The lowest BCUT2D eigenvalue weighted by atomic mass is 9.90. The Kier molecular flexibility index (Phi) is 5.93. The van der Waals surface area contributed by atoms with E-state index in [1.807, 2.05) is 0 Å². The molecule has 6 heteroatoms. The zero-order valence-electron chi connectivity index (χ0n) is 10.4. The van der Waals surface area contributed by atoms with E-state index < -0.39 is 24.2 Å². The summed E-state index contributed by atoms with van der Waals surface area (Å²) in [5.41, 5.74) is -0.455. The van der Waals surface area contributed by atoms with Gasteiger partial charge in [0.1, 0.15) is 0 Å². The predicted molar refractivity (Wildman–Crippen MR) is 58.2 cm³/mol. The van der Waals surface area contributed by atoms with Gasteiger partial charge in [0.25, 0.3) is 0 Å². The fourth-order valence-corrected chi connectivity index (χ4v) is 1.34. The number of rotatable bonds is 6. The van der Waals surface area contributed by atoms with Gasteiger partial charge in [0.05, 0.1) is 11.5 Å². The molecule has 1 N–H and O–H groups in total. The number of alkyl halides is 3. The minimum absolute atomic E-state index is 0.429. The van der Waals surface area contributed by atoms with Crippen molar-refractivity contribution >= 4 is 0 Å². The fraction of sp³-hybridized carbons (Fsp3) is 0.909. The molecule has 0 amide bonds. The molecule has 0 rings (SSSR count). The van der Waals surface area contributed by atoms with Gasteiger partial charge in [-0.15, -0.1) is 0 Å². The zero-order valence-corrected chi connectivity index (χ0v) is 10.4. The van der Waals surface area contributed by atoms with Gasteiger partial charge in [0.15, 0.2) is 6.10 Å². The molecule has 0 saturated carbocycles. The lowest BCUT2D eigenvalue weighted by molar-refractivity contribution is -0.207. The number of nitrogens with zero attached hydrogens (tertiary/aromatic N) is 2. The molecule has 0 aliphatic rings. The van der Waals surface area contributed by atoms with Gasteiger partial charge in [-0.2, -0.15) is 18.4 Å². The van der Waals surface area contributed by atoms with Crippen LogP contribution in [0.4, 0.5) is 13.2 Å². The van der Waals surface area contributed by atoms with E-state index in [1.165, 1.54) is 11.9 Å². The van der Waals surface area contributed by atoms with Crippen LogP contribution in [-0.2, 0) is 0 Å². The highest BCUT2D eigenvalue weighted by molar-refractivity contribution is 4.91. The van der Waals surface area contributed by atoms with Crippen LogP contribution in [0.2, 0.25) is 0 Å². The van der Waals surface area contributed by atoms with Crippen molar-refractivity contribution in [1.82, 2.24) is 4.90 Å². The third-order valence-corrected chi connectivity index (χ3v) is 2.51. The van der Waals surface area contributed by atoms with E-state index in [4.69, 9.17) is 10.4 Å². The molecule has 0 spiro atoms. The molecule has 17 heavy (non-hydrogen) atoms. The Balaban J connectivity index is 3.90. The molecule has 0 heterocycles. The average molecular weight is 252 g/mol. The number of nitriles is 1. The highest BCUT2D eigenvalue weighted by atomic mass is 19.4. The van der Waals surface area contributed by atoms with Crippen molar-refractivity contribution in [2.45, 2.75) is 39.0 Å². The van der Waals surface area contributed by atoms with Crippen molar-refractivity contribution in [3.63, 3.8) is 0 Å². The van der Waals surface area contributed by atoms with Crippen LogP contribution in [0.15, 0.2) is 0 Å². The minimum atomic E-state index is -4.57. The van der Waals surface area contributed by atoms with Gasteiger partial charge in [0.2, 0.25) is 0 Å². The molecule has 3 nitrogen and oxygen atoms in total. The summed E-state index contributed by atoms with van der Waals surface area (Å²) in [5, 5.41) is 17.6. The van der Waals surface area contributed by atoms with Crippen molar-refractivity contribution < 1.29 is 18.3 Å². The van der Waals surface area contributed by atoms with Gasteiger partial charge in [-0.3, -0.25) is 0 Å². The molecular weight excluding hydrogens is 233 g/mol. The maximum absolute atomic E-state index is 12.1. The zero-order chi connectivity index (χ0) is 13.7. The Morgan fingerprint density at radius 3 is 2.29 bits per heavy atom. The Morgan fingerprint density at radius 2 is 1.88 bits per heavy atom. The van der Waals surface area contributed by atoms with Crippen LogP contribution in [0.25, 0.3) is 0 Å². The molecule has 0 aromatic rings. The third-order valence-electron chi connectivity index (χ3n) is 2.51. The number of aliphatic hydroxyl groups excluding tert-OH is 1. The first-order valence-corrected chi connectivity index (χ1v) is 5.43. The van der Waals surface area contributed by atoms with Crippen LogP contribution in [0.1, 0.15) is 26.7 Å². The monoisotopic (exact) mass is 252 g/mol. The van der Waals surface area contributed by atoms with Crippen LogP contribution in [0, 0.1) is 16.7 Å². The molecule has 0 aromatic carbocycles. The summed E-state index contributed by atoms with van der Waals surface area (Å²) in [7, 11) is 1.52. The van der Waals surface area contributed by atoms with Gasteiger partial charge < -0.3 is 10.0 Å². The van der Waals surface area contributed by atoms with Crippen LogP contribution in [0.3, 0.4) is 0 Å². The topological polar surface area (TPSA) is 47.3 Å². The smallest absolute Gasteiger partial charge is 0.382 e. The molecule has 0 fully saturated rings. The summed E-state index contributed by atoms with van der Waals surface area (Å²) in [5.74, 6) is 0. The molecule has 1 unspecified atom stereocenters. The highest BCUT2D eigenvalue weighted by Gasteiger charge is 2.38. The molecule has 0 aliphatic heterocycles. The van der Waals surface area contributed by atoms with Crippen LogP contribution < -0.4 is 0 Å². The Morgan fingerprint density at radius 1 is 1.35 bits per heavy atom. The van der Waals surface area contributed by atoms with Crippen molar-refractivity contribution in [2.24, 2.45) is 5.41 Å². The molecule has 0 radical (unpaired) electrons. The Hall–Kier alpha value is -0.800. The molecule has 0 bridgehead atoms. The highest BCUT2D eigenvalue weighted by Crippen LogP contribution is 2.22. The number of halogens is 3. The lowest BCUT2D eigenvalue weighted by Crippen LogP contribution is -2.39. The Bertz CT molecular complexity index is 271. The van der Waals surface area contributed by atoms with E-state index in [1.54, 1.807) is 13.8 Å². The largest absolute Gasteiger partial charge is 0.415 e. The Labute approximate surface area is 99.8 Å². The quantitative estimate of drug-likeness (QED) is 0.788. The predicted octanol–water partition coefficient (Wildman–Crippen LogP) is 2.17. The van der Waals surface area contributed by atoms with E-state index in [2.05, 4.69) is 6.07 Å². The summed E-state index contributed by atoms with van der Waals surface area (Å²) < 4.78 is 36.2. The van der Waals surface area contributed by atoms with E-state index in [-0.39, 0.29) is 0 Å². The van der Waals surface area contributed by atoms with Crippen molar-refractivity contribution in [1.29, 1.82) is 5.26 Å². The summed E-state index contributed by atoms with van der Waals surface area (Å²) in [6, 6.07) is 2.13. The normalized spacial score (nSPS) is 14.8. The summed E-state index contributed by atoms with van der Waals surface area (Å²) in [4.78, 5) is 1.42. The molecule has 100 valence electrons. The summed E-state index contributed by atoms with van der Waals surface area (Å²) >= 11 is 0. The second kappa shape index (κ2) is 6.22. The summed E-state index contributed by atoms with van der Waals surface area (Å²) in [6.45, 7) is 3.57. The molecule has 0 aliphatic carbocycles. The number of likely N-dealkylation sites (N-methyl/N-ethyl adjacent to an activating group) is 1. The first-order chi connectivity index (χ1) is 7.58. The van der Waals surface area contributed by atoms with Gasteiger partial charge in [-0.25, -0.2) is 0 Å². The lowest BCUT2D eigenvalue weighted by Gasteiger charge is -2.23. The first-order valence-electron chi connectivity index (χ1n) is 5.43. The average Bonchev–Trinajstić information content (AvgIpc) is 2.15. The van der Waals surface area contributed by atoms with Crippen LogP contribution >= 0.6 is 0 Å². The standard InChI is InChI=1S/C11H19F3N2O/c1-10(2,8-15)5-4-6-16(3)7-9(17)11(12,13)14/h9,17H,4-7H2,1-3H3. The molecule has 0 saturated heterocycles. The van der Waals surface area contributed by atoms with Gasteiger partial charge in [0, 0.05) is 6.54 Å². The number of aliphatic hydroxyl groups is 1. The molecular formula is C11H19F3N2O. The number of hydrogen-bond acceptors (Lipinski definition) is 3. The van der Waals surface area contributed by atoms with Gasteiger partial charge >= 0.3 is 6.18 Å². The second-order valence-electron chi connectivity index (χ2n) is 4.92. The van der Waals surface area contributed by atoms with E-state index in [9.17, 15) is 13.2 Å². The van der Waals surface area contributed by atoms with Crippen LogP contribution in [-0.4, -0.2) is 42.4 Å². The van der Waals surface area contributed by atoms with Gasteiger partial charge in [-0.05, 0) is 40.3 Å². The van der Waals surface area contributed by atoms with Crippen molar-refractivity contribution in [2.75, 3.05) is 20.1 Å². The van der Waals surface area contributed by atoms with Crippen molar-refractivity contribution in [3.8, 4) is 6.07 Å². The second-order valence-corrected chi connectivity index (χ2v) is 4.92. The molecule has 1 atom stereocenters. The van der Waals surface area contributed by atoms with Gasteiger partial charge in [-0.1, -0.05) is 0 Å². The first kappa shape index (κ1) is 16.2. The van der Waals surface area contributed by atoms with Crippen LogP contribution in [0.5, 0.6) is 0 Å². The SMILES string of the molecule is CN(CCCC(C)(C)C#N)CC(O)C(F)(F)F. The van der Waals surface area contributed by atoms with Crippen molar-refractivity contribution in [3.05, 3.63) is 0 Å². The van der Waals surface area contributed by atoms with E-state index >= 15 is 0 Å². The summed E-state index contributed by atoms with van der Waals surface area (Å²) in [6.07, 6.45) is -5.63. The molecule has 0 aromatic heterocycles. The third kappa shape index (κ3) is 7.18. The van der Waals surface area contributed by atoms with E-state index in [0.29, 0.717) is 19.4 Å². The fourth-order valence-electron chi connectivity index (χ4n) is 1.34.